The van der Waals surface area contributed by atoms with Crippen molar-refractivity contribution in [3.63, 3.8) is 0 Å². The highest BCUT2D eigenvalue weighted by molar-refractivity contribution is 5.50. The van der Waals surface area contributed by atoms with Crippen LogP contribution in [-0.4, -0.2) is 46.4 Å². The lowest BCUT2D eigenvalue weighted by Crippen LogP contribution is -2.32. The van der Waals surface area contributed by atoms with Gasteiger partial charge in [0.15, 0.2) is 0 Å². The van der Waals surface area contributed by atoms with Gasteiger partial charge in [0.2, 0.25) is 5.88 Å². The van der Waals surface area contributed by atoms with E-state index in [9.17, 15) is 5.11 Å². The number of aromatic nitrogens is 3. The Kier molecular flexibility index (Phi) is 4.87. The summed E-state index contributed by atoms with van der Waals surface area (Å²) in [6.07, 6.45) is 5.41. The monoisotopic (exact) mass is 315 g/mol. The summed E-state index contributed by atoms with van der Waals surface area (Å²) in [4.78, 5) is 14.9. The minimum atomic E-state index is 0.156. The highest BCUT2D eigenvalue weighted by Crippen LogP contribution is 2.24. The molecule has 23 heavy (non-hydrogen) atoms. The van der Waals surface area contributed by atoms with E-state index in [1.807, 2.05) is 18.2 Å². The Bertz CT molecular complexity index is 635. The summed E-state index contributed by atoms with van der Waals surface area (Å²) < 4.78 is 5.05. The van der Waals surface area contributed by atoms with Crippen molar-refractivity contribution in [2.24, 2.45) is 0 Å². The van der Waals surface area contributed by atoms with E-state index in [1.54, 1.807) is 19.6 Å². The first-order valence-corrected chi connectivity index (χ1v) is 7.72. The quantitative estimate of drug-likeness (QED) is 0.835. The molecule has 0 saturated carbocycles. The largest absolute Gasteiger partial charge is 0.481 e. The van der Waals surface area contributed by atoms with Crippen molar-refractivity contribution >= 4 is 11.6 Å². The van der Waals surface area contributed by atoms with E-state index >= 15 is 0 Å². The highest BCUT2D eigenvalue weighted by atomic mass is 16.5. The second-order valence-corrected chi connectivity index (χ2v) is 5.50. The lowest BCUT2D eigenvalue weighted by atomic mass is 10.2. The van der Waals surface area contributed by atoms with Crippen LogP contribution in [0.1, 0.15) is 18.4 Å². The molecule has 2 aromatic heterocycles. The van der Waals surface area contributed by atoms with Gasteiger partial charge in [0.25, 0.3) is 0 Å². The Balaban J connectivity index is 1.65. The zero-order chi connectivity index (χ0) is 16.1. The number of hydrogen-bond acceptors (Lipinski definition) is 7. The average Bonchev–Trinajstić information content (AvgIpc) is 3.09. The van der Waals surface area contributed by atoms with Crippen LogP contribution in [0.3, 0.4) is 0 Å². The summed E-state index contributed by atoms with van der Waals surface area (Å²) in [5, 5.41) is 12.7. The maximum Gasteiger partial charge on any atom is 0.212 e. The van der Waals surface area contributed by atoms with Crippen LogP contribution in [0, 0.1) is 0 Å². The van der Waals surface area contributed by atoms with Crippen molar-refractivity contribution < 1.29 is 9.84 Å². The fourth-order valence-corrected chi connectivity index (χ4v) is 2.76. The Hall–Kier alpha value is -2.41. The zero-order valence-corrected chi connectivity index (χ0v) is 13.1. The molecule has 2 aromatic rings. The predicted molar refractivity (Wildman–Crippen MR) is 87.6 cm³/mol. The Morgan fingerprint density at radius 1 is 1.35 bits per heavy atom. The number of pyridine rings is 1. The number of aliphatic hydroxyl groups is 1. The molecule has 1 aliphatic heterocycles. The molecule has 0 radical (unpaired) electrons. The number of ether oxygens (including phenoxy) is 1. The van der Waals surface area contributed by atoms with Gasteiger partial charge < -0.3 is 20.1 Å². The standard InChI is InChI=1S/C16H21N5O2/c1-23-16-5-4-12(9-18-16)8-17-14-7-15(20-11-19-14)21-6-2-3-13(21)10-22/h4-5,7,9,11,13,22H,2-3,6,8,10H2,1H3,(H,17,19,20). The third-order valence-corrected chi connectivity index (χ3v) is 4.02. The minimum absolute atomic E-state index is 0.156. The van der Waals surface area contributed by atoms with E-state index in [0.717, 1.165) is 36.6 Å². The number of nitrogens with one attached hydrogen (secondary N) is 1. The topological polar surface area (TPSA) is 83.4 Å². The average molecular weight is 315 g/mol. The summed E-state index contributed by atoms with van der Waals surface area (Å²) in [5.41, 5.74) is 1.04. The van der Waals surface area contributed by atoms with Gasteiger partial charge in [0.05, 0.1) is 19.8 Å². The molecule has 1 saturated heterocycles. The van der Waals surface area contributed by atoms with Crippen LogP contribution in [-0.2, 0) is 6.54 Å². The van der Waals surface area contributed by atoms with Crippen LogP contribution in [0.2, 0.25) is 0 Å². The van der Waals surface area contributed by atoms with Crippen LogP contribution in [0.25, 0.3) is 0 Å². The summed E-state index contributed by atoms with van der Waals surface area (Å²) in [5.74, 6) is 2.21. The maximum absolute atomic E-state index is 9.44. The van der Waals surface area contributed by atoms with Gasteiger partial charge in [-0.2, -0.15) is 0 Å². The fourth-order valence-electron chi connectivity index (χ4n) is 2.76. The molecule has 1 aliphatic rings. The van der Waals surface area contributed by atoms with Gasteiger partial charge in [0.1, 0.15) is 18.0 Å². The van der Waals surface area contributed by atoms with Crippen LogP contribution in [0.5, 0.6) is 5.88 Å². The molecular formula is C16H21N5O2. The first kappa shape index (κ1) is 15.5. The van der Waals surface area contributed by atoms with E-state index in [4.69, 9.17) is 4.74 Å². The third kappa shape index (κ3) is 3.68. The zero-order valence-electron chi connectivity index (χ0n) is 13.1. The number of anilines is 2. The van der Waals surface area contributed by atoms with Gasteiger partial charge in [-0.15, -0.1) is 0 Å². The first-order chi connectivity index (χ1) is 11.3. The number of nitrogens with zero attached hydrogens (tertiary/aromatic N) is 4. The molecule has 1 fully saturated rings. The lowest BCUT2D eigenvalue weighted by molar-refractivity contribution is 0.266. The normalized spacial score (nSPS) is 17.3. The van der Waals surface area contributed by atoms with E-state index in [-0.39, 0.29) is 12.6 Å². The van der Waals surface area contributed by atoms with E-state index in [2.05, 4.69) is 25.2 Å². The predicted octanol–water partition coefficient (Wildman–Crippen LogP) is 1.45. The Morgan fingerprint density at radius 2 is 2.26 bits per heavy atom. The van der Waals surface area contributed by atoms with Gasteiger partial charge in [-0.25, -0.2) is 15.0 Å². The molecule has 3 heterocycles. The number of hydrogen-bond donors (Lipinski definition) is 2. The van der Waals surface area contributed by atoms with Crippen LogP contribution >= 0.6 is 0 Å². The van der Waals surface area contributed by atoms with Crippen molar-refractivity contribution in [2.75, 3.05) is 30.5 Å². The lowest BCUT2D eigenvalue weighted by Gasteiger charge is -2.24. The van der Waals surface area contributed by atoms with Crippen LogP contribution < -0.4 is 15.0 Å². The minimum Gasteiger partial charge on any atom is -0.481 e. The Labute approximate surface area is 135 Å². The van der Waals surface area contributed by atoms with Crippen molar-refractivity contribution in [3.8, 4) is 5.88 Å². The van der Waals surface area contributed by atoms with Crippen molar-refractivity contribution in [3.05, 3.63) is 36.3 Å². The number of rotatable bonds is 6. The molecule has 3 rings (SSSR count). The highest BCUT2D eigenvalue weighted by Gasteiger charge is 2.25. The number of methoxy groups -OCH3 is 1. The molecule has 1 unspecified atom stereocenters. The van der Waals surface area contributed by atoms with Gasteiger partial charge >= 0.3 is 0 Å². The van der Waals surface area contributed by atoms with Crippen molar-refractivity contribution in [2.45, 2.75) is 25.4 Å². The van der Waals surface area contributed by atoms with Crippen molar-refractivity contribution in [1.29, 1.82) is 0 Å². The third-order valence-electron chi connectivity index (χ3n) is 4.02. The molecule has 2 N–H and O–H groups in total. The van der Waals surface area contributed by atoms with Gasteiger partial charge in [-0.05, 0) is 18.4 Å². The van der Waals surface area contributed by atoms with Gasteiger partial charge in [0, 0.05) is 31.4 Å². The number of aliphatic hydroxyl groups excluding tert-OH is 1. The molecule has 0 aliphatic carbocycles. The van der Waals surface area contributed by atoms with E-state index in [0.29, 0.717) is 12.4 Å². The molecule has 0 aromatic carbocycles. The summed E-state index contributed by atoms with van der Waals surface area (Å²) >= 11 is 0. The summed E-state index contributed by atoms with van der Waals surface area (Å²) in [6.45, 7) is 1.70. The second-order valence-electron chi connectivity index (χ2n) is 5.50. The van der Waals surface area contributed by atoms with Crippen LogP contribution in [0.15, 0.2) is 30.7 Å². The summed E-state index contributed by atoms with van der Waals surface area (Å²) in [7, 11) is 1.60. The molecule has 0 spiro atoms. The molecule has 0 bridgehead atoms. The molecule has 7 nitrogen and oxygen atoms in total. The second kappa shape index (κ2) is 7.23. The summed E-state index contributed by atoms with van der Waals surface area (Å²) in [6, 6.07) is 5.87. The maximum atomic E-state index is 9.44. The molecule has 1 atom stereocenters. The SMILES string of the molecule is COc1ccc(CNc2cc(N3CCCC3CO)ncn2)cn1. The van der Waals surface area contributed by atoms with Crippen LogP contribution in [0.4, 0.5) is 11.6 Å². The Morgan fingerprint density at radius 3 is 3.00 bits per heavy atom. The van der Waals surface area contributed by atoms with E-state index < -0.39 is 0 Å². The van der Waals surface area contributed by atoms with E-state index in [1.165, 1.54) is 0 Å². The fraction of sp³-hybridized carbons (Fsp3) is 0.438. The van der Waals surface area contributed by atoms with Gasteiger partial charge in [-0.1, -0.05) is 6.07 Å². The molecule has 7 heteroatoms. The first-order valence-electron chi connectivity index (χ1n) is 7.72. The smallest absolute Gasteiger partial charge is 0.212 e. The van der Waals surface area contributed by atoms with Gasteiger partial charge in [-0.3, -0.25) is 0 Å². The van der Waals surface area contributed by atoms with Crippen molar-refractivity contribution in [1.82, 2.24) is 15.0 Å². The molecule has 122 valence electrons. The molecule has 0 amide bonds. The molecular weight excluding hydrogens is 294 g/mol.